The average Bonchev–Trinajstić information content (AvgIpc) is 3.07. The monoisotopic (exact) mass is 388 g/mol. The van der Waals surface area contributed by atoms with Crippen molar-refractivity contribution >= 4 is 25.5 Å². The summed E-state index contributed by atoms with van der Waals surface area (Å²) in [6, 6.07) is 20.3. The summed E-state index contributed by atoms with van der Waals surface area (Å²) < 4.78 is 19.0. The first-order valence-corrected chi connectivity index (χ1v) is 10.5. The van der Waals surface area contributed by atoms with Crippen LogP contribution in [0.4, 0.5) is 0 Å². The van der Waals surface area contributed by atoms with E-state index in [0.29, 0.717) is 0 Å². The molecule has 0 bridgehead atoms. The molecule has 0 spiro atoms. The molecule has 116 valence electrons. The Kier molecular flexibility index (Phi) is 4.02. The van der Waals surface area contributed by atoms with E-state index in [0.717, 1.165) is 16.8 Å². The van der Waals surface area contributed by atoms with Gasteiger partial charge in [-0.05, 0) is 0 Å². The minimum absolute atomic E-state index is 0.0264. The summed E-state index contributed by atoms with van der Waals surface area (Å²) in [5.74, 6) is 0.140. The van der Waals surface area contributed by atoms with Crippen LogP contribution in [0.5, 0.6) is 0 Å². The maximum atomic E-state index is 13.5. The number of hydrogen-bond acceptors (Lipinski definition) is 3. The SMILES string of the molecule is CC1c2nn[se]c2C(c2ccccc2)S(=O)C1c1ccccc1. The number of rotatable bonds is 2. The quantitative estimate of drug-likeness (QED) is 0.634. The van der Waals surface area contributed by atoms with Crippen LogP contribution in [0, 0.1) is 0 Å². The van der Waals surface area contributed by atoms with E-state index in [-0.39, 0.29) is 31.2 Å². The number of nitrogens with zero attached hydrogens (tertiary/aromatic N) is 2. The molecular formula is C18H16N2OSSe. The average molecular weight is 387 g/mol. The van der Waals surface area contributed by atoms with Crippen molar-refractivity contribution in [2.45, 2.75) is 23.3 Å². The normalized spacial score (nSPS) is 26.7. The number of hydrogen-bond donors (Lipinski definition) is 0. The molecule has 1 aromatic heterocycles. The van der Waals surface area contributed by atoms with Crippen LogP contribution < -0.4 is 0 Å². The van der Waals surface area contributed by atoms with Crippen molar-refractivity contribution in [1.82, 2.24) is 9.19 Å². The third kappa shape index (κ3) is 2.53. The van der Waals surface area contributed by atoms with E-state index in [2.05, 4.69) is 40.4 Å². The van der Waals surface area contributed by atoms with Crippen molar-refractivity contribution in [3.05, 3.63) is 81.9 Å². The Hall–Kier alpha value is -1.55. The fourth-order valence-electron chi connectivity index (χ4n) is 3.28. The molecule has 4 atom stereocenters. The molecule has 0 amide bonds. The van der Waals surface area contributed by atoms with E-state index in [1.807, 2.05) is 36.4 Å². The second-order valence-corrected chi connectivity index (χ2v) is 9.05. The number of aromatic nitrogens is 2. The van der Waals surface area contributed by atoms with Crippen LogP contribution in [0.2, 0.25) is 0 Å². The summed E-state index contributed by atoms with van der Waals surface area (Å²) in [7, 11) is -1.02. The molecule has 0 aliphatic carbocycles. The summed E-state index contributed by atoms with van der Waals surface area (Å²) in [6.45, 7) is 2.13. The molecule has 0 saturated carbocycles. The predicted octanol–water partition coefficient (Wildman–Crippen LogP) is 3.23. The van der Waals surface area contributed by atoms with Gasteiger partial charge < -0.3 is 0 Å². The topological polar surface area (TPSA) is 42.9 Å². The first-order valence-electron chi connectivity index (χ1n) is 7.59. The van der Waals surface area contributed by atoms with E-state index in [9.17, 15) is 4.21 Å². The standard InChI is InChI=1S/C18H16N2OSSe/c1-12-15-18(23-20-19-15)17(14-10-6-3-7-11-14)22(21)16(12)13-8-4-2-5-9-13/h2-12,16-17H,1H3. The molecule has 2 aromatic carbocycles. The molecule has 0 saturated heterocycles. The van der Waals surface area contributed by atoms with Gasteiger partial charge in [0.2, 0.25) is 0 Å². The molecule has 4 unspecified atom stereocenters. The number of benzene rings is 2. The van der Waals surface area contributed by atoms with Gasteiger partial charge in [0.25, 0.3) is 0 Å². The van der Waals surface area contributed by atoms with Crippen molar-refractivity contribution in [2.24, 2.45) is 0 Å². The van der Waals surface area contributed by atoms with E-state index in [1.54, 1.807) is 0 Å². The Morgan fingerprint density at radius 3 is 2.22 bits per heavy atom. The van der Waals surface area contributed by atoms with Gasteiger partial charge in [0, 0.05) is 0 Å². The molecule has 2 heterocycles. The third-order valence-corrected chi connectivity index (χ3v) is 8.56. The molecule has 4 rings (SSSR count). The second-order valence-electron chi connectivity index (χ2n) is 5.76. The molecule has 1 aliphatic heterocycles. The maximum absolute atomic E-state index is 13.5. The first-order chi connectivity index (χ1) is 11.3. The molecule has 0 radical (unpaired) electrons. The van der Waals surface area contributed by atoms with Gasteiger partial charge in [-0.3, -0.25) is 0 Å². The fourth-order valence-corrected chi connectivity index (χ4v) is 7.72. The molecule has 3 nitrogen and oxygen atoms in total. The van der Waals surface area contributed by atoms with Crippen LogP contribution in [0.25, 0.3) is 0 Å². The molecular weight excluding hydrogens is 371 g/mol. The Labute approximate surface area is 144 Å². The summed E-state index contributed by atoms with van der Waals surface area (Å²) in [5, 5.41) is 4.31. The summed E-state index contributed by atoms with van der Waals surface area (Å²) in [6.07, 6.45) is 0. The zero-order valence-corrected chi connectivity index (χ0v) is 15.2. The summed E-state index contributed by atoms with van der Waals surface area (Å²) in [5.41, 5.74) is 3.30. The molecule has 0 fully saturated rings. The molecule has 1 aliphatic rings. The van der Waals surface area contributed by atoms with Crippen molar-refractivity contribution in [3.63, 3.8) is 0 Å². The van der Waals surface area contributed by atoms with Gasteiger partial charge in [-0.2, -0.15) is 0 Å². The van der Waals surface area contributed by atoms with Gasteiger partial charge in [-0.25, -0.2) is 0 Å². The van der Waals surface area contributed by atoms with Gasteiger partial charge in [0.05, 0.1) is 0 Å². The first kappa shape index (κ1) is 15.0. The van der Waals surface area contributed by atoms with Crippen LogP contribution in [0.15, 0.2) is 60.7 Å². The Bertz CT molecular complexity index is 834. The van der Waals surface area contributed by atoms with Gasteiger partial charge in [0.1, 0.15) is 0 Å². The van der Waals surface area contributed by atoms with E-state index in [1.165, 1.54) is 4.44 Å². The molecule has 5 heteroatoms. The Morgan fingerprint density at radius 1 is 0.957 bits per heavy atom. The van der Waals surface area contributed by atoms with Gasteiger partial charge in [-0.15, -0.1) is 0 Å². The molecule has 23 heavy (non-hydrogen) atoms. The number of fused-ring (bicyclic) bond motifs is 1. The van der Waals surface area contributed by atoms with Crippen molar-refractivity contribution in [3.8, 4) is 0 Å². The fraction of sp³-hybridized carbons (Fsp3) is 0.222. The van der Waals surface area contributed by atoms with Gasteiger partial charge >= 0.3 is 144 Å². The molecule has 0 N–H and O–H groups in total. The van der Waals surface area contributed by atoms with Crippen LogP contribution in [0.1, 0.15) is 44.6 Å². The minimum atomic E-state index is -1.02. The zero-order chi connectivity index (χ0) is 15.8. The Balaban J connectivity index is 1.88. The van der Waals surface area contributed by atoms with Crippen molar-refractivity contribution in [1.29, 1.82) is 0 Å². The zero-order valence-electron chi connectivity index (χ0n) is 12.6. The van der Waals surface area contributed by atoms with E-state index < -0.39 is 10.8 Å². The second kappa shape index (κ2) is 6.16. The van der Waals surface area contributed by atoms with E-state index in [4.69, 9.17) is 0 Å². The van der Waals surface area contributed by atoms with Gasteiger partial charge in [-0.1, -0.05) is 0 Å². The van der Waals surface area contributed by atoms with Crippen molar-refractivity contribution in [2.75, 3.05) is 0 Å². The van der Waals surface area contributed by atoms with Gasteiger partial charge in [0.15, 0.2) is 0 Å². The van der Waals surface area contributed by atoms with Crippen LogP contribution in [-0.2, 0) is 10.8 Å². The summed E-state index contributed by atoms with van der Waals surface area (Å²) >= 11 is -0.0264. The third-order valence-electron chi connectivity index (χ3n) is 4.38. The van der Waals surface area contributed by atoms with Crippen LogP contribution in [-0.4, -0.2) is 28.1 Å². The molecule has 3 aromatic rings. The predicted molar refractivity (Wildman–Crippen MR) is 93.0 cm³/mol. The van der Waals surface area contributed by atoms with Crippen LogP contribution in [0.3, 0.4) is 0 Å². The van der Waals surface area contributed by atoms with Crippen molar-refractivity contribution < 1.29 is 4.21 Å². The van der Waals surface area contributed by atoms with Crippen LogP contribution >= 0.6 is 0 Å². The summed E-state index contributed by atoms with van der Waals surface area (Å²) in [4.78, 5) is 0. The van der Waals surface area contributed by atoms with E-state index >= 15 is 0 Å². The Morgan fingerprint density at radius 2 is 1.57 bits per heavy atom.